The van der Waals surface area contributed by atoms with Crippen LogP contribution in [0.3, 0.4) is 0 Å². The van der Waals surface area contributed by atoms with Crippen LogP contribution in [0.1, 0.15) is 31.2 Å². The molecule has 0 bridgehead atoms. The lowest BCUT2D eigenvalue weighted by Gasteiger charge is -2.32. The molecule has 8 nitrogen and oxygen atoms in total. The Balaban J connectivity index is 1.55. The molecule has 4 rings (SSSR count). The van der Waals surface area contributed by atoms with Gasteiger partial charge >= 0.3 is 22.1 Å². The summed E-state index contributed by atoms with van der Waals surface area (Å²) in [4.78, 5) is 5.53. The molecule has 33 heavy (non-hydrogen) atoms. The summed E-state index contributed by atoms with van der Waals surface area (Å²) in [6.07, 6.45) is 0.396. The van der Waals surface area contributed by atoms with Gasteiger partial charge in [-0.2, -0.15) is 26.3 Å². The minimum absolute atomic E-state index is 0.105. The van der Waals surface area contributed by atoms with Crippen molar-refractivity contribution >= 4 is 15.7 Å². The van der Waals surface area contributed by atoms with Crippen LogP contribution in [0.25, 0.3) is 0 Å². The maximum atomic E-state index is 12.9. The molecule has 0 aliphatic carbocycles. The zero-order valence-electron chi connectivity index (χ0n) is 17.2. The highest BCUT2D eigenvalue weighted by atomic mass is 32.2. The molecule has 1 aromatic carbocycles. The lowest BCUT2D eigenvalue weighted by molar-refractivity contribution is -0.0542. The highest BCUT2D eigenvalue weighted by Crippen LogP contribution is 2.38. The van der Waals surface area contributed by atoms with Crippen LogP contribution in [-0.4, -0.2) is 68.6 Å². The van der Waals surface area contributed by atoms with Crippen molar-refractivity contribution in [3.05, 3.63) is 23.8 Å². The van der Waals surface area contributed by atoms with E-state index < -0.39 is 40.4 Å². The average Bonchev–Trinajstić information content (AvgIpc) is 3.38. The largest absolute Gasteiger partial charge is 0.511 e. The van der Waals surface area contributed by atoms with Gasteiger partial charge in [0.1, 0.15) is 6.10 Å². The second kappa shape index (κ2) is 8.87. The van der Waals surface area contributed by atoms with E-state index in [2.05, 4.69) is 9.89 Å². The summed E-state index contributed by atoms with van der Waals surface area (Å²) in [6, 6.07) is 4.11. The Morgan fingerprint density at radius 1 is 1.24 bits per heavy atom. The van der Waals surface area contributed by atoms with Gasteiger partial charge in [-0.05, 0) is 31.0 Å². The molecule has 0 radical (unpaired) electrons. The molecule has 184 valence electrons. The monoisotopic (exact) mass is 500 g/mol. The van der Waals surface area contributed by atoms with Crippen molar-refractivity contribution in [1.29, 1.82) is 0 Å². The predicted molar refractivity (Wildman–Crippen MR) is 104 cm³/mol. The average molecular weight is 500 g/mol. The lowest BCUT2D eigenvalue weighted by Crippen LogP contribution is -2.48. The molecular formula is C19H21F5N2O6S. The van der Waals surface area contributed by atoms with E-state index in [1.165, 1.54) is 18.2 Å². The smallest absolute Gasteiger partial charge is 0.485 e. The number of hydrogen-bond acceptors (Lipinski definition) is 7. The van der Waals surface area contributed by atoms with Crippen molar-refractivity contribution in [2.24, 2.45) is 5.16 Å². The highest BCUT2D eigenvalue weighted by molar-refractivity contribution is 7.90. The van der Waals surface area contributed by atoms with E-state index in [0.717, 1.165) is 0 Å². The molecule has 1 aromatic rings. The number of alkyl halides is 5. The van der Waals surface area contributed by atoms with Crippen LogP contribution in [0.15, 0.2) is 23.4 Å². The standard InChI is InChI=1S/C19H21F5N2O6S/c20-17(21)31-15-4-3-12(14-9-18(32-25-14)5-7-29-11-18)8-16(15)30-13-2-1-6-26(10-13)33(27,28)19(22,23)24/h3-4,8,13,17H,1-2,5-7,9-11H2. The van der Waals surface area contributed by atoms with Crippen molar-refractivity contribution in [2.45, 2.75) is 49.5 Å². The summed E-state index contributed by atoms with van der Waals surface area (Å²) in [5.74, 6) is -0.488. The Hall–Kier alpha value is -2.19. The van der Waals surface area contributed by atoms with Crippen molar-refractivity contribution in [1.82, 2.24) is 4.31 Å². The molecular weight excluding hydrogens is 479 g/mol. The number of sulfonamides is 1. The van der Waals surface area contributed by atoms with E-state index in [0.29, 0.717) is 37.3 Å². The summed E-state index contributed by atoms with van der Waals surface area (Å²) in [5, 5.41) is 4.07. The van der Waals surface area contributed by atoms with Crippen LogP contribution in [0, 0.1) is 0 Å². The summed E-state index contributed by atoms with van der Waals surface area (Å²) in [5.41, 5.74) is -5.01. The van der Waals surface area contributed by atoms with E-state index in [9.17, 15) is 30.4 Å². The fraction of sp³-hybridized carbons (Fsp3) is 0.632. The molecule has 0 amide bonds. The number of piperidine rings is 1. The topological polar surface area (TPSA) is 86.7 Å². The van der Waals surface area contributed by atoms with Crippen LogP contribution in [0.5, 0.6) is 11.5 Å². The van der Waals surface area contributed by atoms with Crippen molar-refractivity contribution in [3.8, 4) is 11.5 Å². The zero-order chi connectivity index (χ0) is 23.9. The van der Waals surface area contributed by atoms with E-state index in [1.54, 1.807) is 0 Å². The SMILES string of the molecule is O=S(=O)(N1CCCC(Oc2cc(C3=NOC4(CCOC4)C3)ccc2OC(F)F)C1)C(F)(F)F. The normalized spacial score (nSPS) is 26.5. The summed E-state index contributed by atoms with van der Waals surface area (Å²) < 4.78 is 104. The second-order valence-electron chi connectivity index (χ2n) is 8.02. The van der Waals surface area contributed by atoms with E-state index in [-0.39, 0.29) is 35.2 Å². The molecule has 2 atom stereocenters. The Morgan fingerprint density at radius 2 is 2.03 bits per heavy atom. The van der Waals surface area contributed by atoms with Crippen LogP contribution in [-0.2, 0) is 19.6 Å². The minimum atomic E-state index is -5.53. The molecule has 3 heterocycles. The number of oxime groups is 1. The fourth-order valence-corrected chi connectivity index (χ4v) is 5.02. The van der Waals surface area contributed by atoms with Gasteiger partial charge in [0.25, 0.3) is 0 Å². The number of rotatable bonds is 6. The third kappa shape index (κ3) is 5.01. The third-order valence-corrected chi connectivity index (χ3v) is 7.26. The maximum absolute atomic E-state index is 12.9. The first kappa shape index (κ1) is 24.0. The number of nitrogens with zero attached hydrogens (tertiary/aromatic N) is 2. The van der Waals surface area contributed by atoms with Crippen LogP contribution >= 0.6 is 0 Å². The third-order valence-electron chi connectivity index (χ3n) is 5.67. The Morgan fingerprint density at radius 3 is 2.70 bits per heavy atom. The molecule has 1 spiro atoms. The molecule has 0 aromatic heterocycles. The number of benzene rings is 1. The van der Waals surface area contributed by atoms with Crippen molar-refractivity contribution < 1.29 is 49.4 Å². The lowest BCUT2D eigenvalue weighted by atomic mass is 9.93. The van der Waals surface area contributed by atoms with Crippen molar-refractivity contribution in [3.63, 3.8) is 0 Å². The first-order valence-corrected chi connectivity index (χ1v) is 11.6. The van der Waals surface area contributed by atoms with Crippen LogP contribution in [0.2, 0.25) is 0 Å². The van der Waals surface area contributed by atoms with Gasteiger partial charge in [0.2, 0.25) is 0 Å². The molecule has 3 aliphatic heterocycles. The number of ether oxygens (including phenoxy) is 3. The Labute approximate surface area is 186 Å². The second-order valence-corrected chi connectivity index (χ2v) is 9.95. The summed E-state index contributed by atoms with van der Waals surface area (Å²) >= 11 is 0. The van der Waals surface area contributed by atoms with Gasteiger partial charge in [0.15, 0.2) is 17.1 Å². The summed E-state index contributed by atoms with van der Waals surface area (Å²) in [6.45, 7) is -3.18. The first-order chi connectivity index (χ1) is 15.5. The van der Waals surface area contributed by atoms with Crippen molar-refractivity contribution in [2.75, 3.05) is 26.3 Å². The predicted octanol–water partition coefficient (Wildman–Crippen LogP) is 3.26. The van der Waals surface area contributed by atoms with E-state index >= 15 is 0 Å². The minimum Gasteiger partial charge on any atom is -0.485 e. The Kier molecular flexibility index (Phi) is 6.44. The molecule has 2 saturated heterocycles. The molecule has 3 aliphatic rings. The van der Waals surface area contributed by atoms with Gasteiger partial charge in [-0.1, -0.05) is 5.16 Å². The van der Waals surface area contributed by atoms with Gasteiger partial charge < -0.3 is 19.0 Å². The molecule has 0 N–H and O–H groups in total. The number of hydrogen-bond donors (Lipinski definition) is 0. The zero-order valence-corrected chi connectivity index (χ0v) is 18.0. The van der Waals surface area contributed by atoms with E-state index in [4.69, 9.17) is 14.3 Å². The van der Waals surface area contributed by atoms with Gasteiger partial charge in [-0.3, -0.25) is 0 Å². The van der Waals surface area contributed by atoms with Gasteiger partial charge in [-0.15, -0.1) is 0 Å². The van der Waals surface area contributed by atoms with Gasteiger partial charge in [0.05, 0.1) is 25.5 Å². The molecule has 14 heteroatoms. The van der Waals surface area contributed by atoms with Crippen LogP contribution in [0.4, 0.5) is 22.0 Å². The maximum Gasteiger partial charge on any atom is 0.511 e. The molecule has 2 fully saturated rings. The fourth-order valence-electron chi connectivity index (χ4n) is 3.99. The van der Waals surface area contributed by atoms with Gasteiger partial charge in [0, 0.05) is 24.9 Å². The quantitative estimate of drug-likeness (QED) is 0.558. The summed E-state index contributed by atoms with van der Waals surface area (Å²) in [7, 11) is -5.53. The Bertz CT molecular complexity index is 1010. The van der Waals surface area contributed by atoms with E-state index in [1.807, 2.05) is 0 Å². The number of halogens is 5. The first-order valence-electron chi connectivity index (χ1n) is 10.1. The van der Waals surface area contributed by atoms with Crippen LogP contribution < -0.4 is 9.47 Å². The molecule has 2 unspecified atom stereocenters. The molecule has 0 saturated carbocycles. The highest BCUT2D eigenvalue weighted by Gasteiger charge is 2.51. The van der Waals surface area contributed by atoms with Gasteiger partial charge in [-0.25, -0.2) is 8.42 Å².